The van der Waals surface area contributed by atoms with Crippen LogP contribution in [0.2, 0.25) is 0 Å². The van der Waals surface area contributed by atoms with Crippen molar-refractivity contribution in [3.05, 3.63) is 317 Å². The molecule has 2 heterocycles. The molecule has 0 unspecified atom stereocenters. The summed E-state index contributed by atoms with van der Waals surface area (Å²) in [7, 11) is 0. The molecule has 0 amide bonds. The van der Waals surface area contributed by atoms with Gasteiger partial charge in [-0.1, -0.05) is 198 Å². The molecule has 0 saturated heterocycles. The van der Waals surface area contributed by atoms with Crippen molar-refractivity contribution in [2.24, 2.45) is 0 Å². The monoisotopic (exact) mass is 1070 g/mol. The molecule has 11 aromatic carbocycles. The highest BCUT2D eigenvalue weighted by Crippen LogP contribution is 2.63. The Morgan fingerprint density at radius 2 is 0.651 bits per heavy atom. The van der Waals surface area contributed by atoms with E-state index in [1.54, 1.807) is 0 Å². The van der Waals surface area contributed by atoms with Crippen molar-refractivity contribution in [2.75, 3.05) is 9.80 Å². The minimum atomic E-state index is -0.856. The van der Waals surface area contributed by atoms with Crippen molar-refractivity contribution < 1.29 is 9.47 Å². The normalized spacial score (nSPS) is 15.5. The first kappa shape index (κ1) is 49.0. The molecule has 0 bridgehead atoms. The van der Waals surface area contributed by atoms with Crippen LogP contribution in [0.15, 0.2) is 278 Å². The predicted molar refractivity (Wildman–Crippen MR) is 341 cm³/mol. The molecule has 0 fully saturated rings. The van der Waals surface area contributed by atoms with Crippen LogP contribution in [0.5, 0.6) is 17.2 Å². The van der Waals surface area contributed by atoms with Crippen molar-refractivity contribution in [3.63, 3.8) is 0 Å². The lowest BCUT2D eigenvalue weighted by atomic mass is 9.60. The van der Waals surface area contributed by atoms with Crippen molar-refractivity contribution in [1.29, 1.82) is 0 Å². The third kappa shape index (κ3) is 7.45. The first-order valence-corrected chi connectivity index (χ1v) is 29.2. The lowest BCUT2D eigenvalue weighted by Crippen LogP contribution is -2.40. The van der Waals surface area contributed by atoms with Crippen LogP contribution in [0.3, 0.4) is 0 Å². The largest absolute Gasteiger partial charge is 0.457 e. The van der Waals surface area contributed by atoms with Crippen LogP contribution in [-0.2, 0) is 16.2 Å². The van der Waals surface area contributed by atoms with E-state index in [1.807, 2.05) is 0 Å². The number of rotatable bonds is 8. The maximum Gasteiger partial charge on any atom is 0.132 e. The molecular weight excluding hydrogens is 1010 g/mol. The molecular formula is C79H60N2O2. The maximum atomic E-state index is 7.34. The third-order valence-corrected chi connectivity index (χ3v) is 18.6. The molecule has 0 N–H and O–H groups in total. The molecule has 4 heteroatoms. The van der Waals surface area contributed by atoms with Crippen LogP contribution >= 0.6 is 0 Å². The van der Waals surface area contributed by atoms with Crippen LogP contribution in [0.1, 0.15) is 79.5 Å². The molecule has 2 aliphatic heterocycles. The van der Waals surface area contributed by atoms with Gasteiger partial charge in [0.15, 0.2) is 0 Å². The molecule has 0 aromatic heterocycles. The summed E-state index contributed by atoms with van der Waals surface area (Å²) in [6.07, 6.45) is 6.51. The van der Waals surface area contributed by atoms with Crippen molar-refractivity contribution >= 4 is 34.1 Å². The van der Waals surface area contributed by atoms with Crippen LogP contribution in [0.25, 0.3) is 44.5 Å². The highest BCUT2D eigenvalue weighted by atomic mass is 16.5. The van der Waals surface area contributed by atoms with Gasteiger partial charge < -0.3 is 19.3 Å². The Morgan fingerprint density at radius 3 is 1.14 bits per heavy atom. The molecule has 0 radical (unpaired) electrons. The Labute approximate surface area is 486 Å². The summed E-state index contributed by atoms with van der Waals surface area (Å²) in [5.74, 6) is 3.37. The number of nitrogens with zero attached hydrogens (tertiary/aromatic N) is 2. The molecule has 398 valence electrons. The standard InChI is InChI=1S/C79H60N2O2/c1-77(2)65-25-13-11-23-61(65)63-43-39-57(47-69(63)77)80(55-35-31-53(32-36-55)51-19-7-5-8-20-51)59-41-45-75-71(49-59)79(67-27-15-17-29-73(67)82-74-30-18-16-28-68(74)79)72-50-60(42-46-76(72)83-75)81(56-37-33-54(34-38-56)52-21-9-6-10-22-52)58-40-44-64-62-24-12-14-26-66(62)78(3,4)70(64)48-58/h5-15,17,19-50H,16,18H2,1-4H3. The minimum Gasteiger partial charge on any atom is -0.457 e. The summed E-state index contributed by atoms with van der Waals surface area (Å²) in [4.78, 5) is 4.89. The molecule has 5 aliphatic rings. The van der Waals surface area contributed by atoms with Gasteiger partial charge in [0, 0.05) is 67.2 Å². The van der Waals surface area contributed by atoms with Crippen molar-refractivity contribution in [3.8, 4) is 61.8 Å². The first-order chi connectivity index (χ1) is 40.6. The molecule has 3 aliphatic carbocycles. The number of ether oxygens (including phenoxy) is 2. The Hall–Kier alpha value is -9.90. The Morgan fingerprint density at radius 1 is 0.289 bits per heavy atom. The minimum absolute atomic E-state index is 0.194. The van der Waals surface area contributed by atoms with E-state index in [9.17, 15) is 0 Å². The lowest BCUT2D eigenvalue weighted by molar-refractivity contribution is 0.363. The van der Waals surface area contributed by atoms with E-state index in [0.29, 0.717) is 0 Å². The van der Waals surface area contributed by atoms with Gasteiger partial charge in [-0.25, -0.2) is 0 Å². The fraction of sp³-hybridized carbons (Fsp3) is 0.114. The van der Waals surface area contributed by atoms with Gasteiger partial charge in [-0.05, 0) is 177 Å². The first-order valence-electron chi connectivity index (χ1n) is 29.2. The summed E-state index contributed by atoms with van der Waals surface area (Å²) < 4.78 is 14.4. The van der Waals surface area contributed by atoms with Gasteiger partial charge in [0.05, 0.1) is 5.41 Å². The van der Waals surface area contributed by atoms with Gasteiger partial charge in [-0.3, -0.25) is 0 Å². The topological polar surface area (TPSA) is 24.9 Å². The van der Waals surface area contributed by atoms with Gasteiger partial charge in [0.2, 0.25) is 0 Å². The van der Waals surface area contributed by atoms with Gasteiger partial charge in [-0.15, -0.1) is 0 Å². The van der Waals surface area contributed by atoms with E-state index in [1.165, 1.54) is 66.8 Å². The van der Waals surface area contributed by atoms with Gasteiger partial charge in [0.25, 0.3) is 0 Å². The molecule has 0 atom stereocenters. The lowest BCUT2D eigenvalue weighted by Gasteiger charge is -2.47. The van der Waals surface area contributed by atoms with E-state index in [-0.39, 0.29) is 10.8 Å². The third-order valence-electron chi connectivity index (χ3n) is 18.6. The zero-order valence-electron chi connectivity index (χ0n) is 47.0. The summed E-state index contributed by atoms with van der Waals surface area (Å²) in [6, 6.07) is 93.8. The second kappa shape index (κ2) is 18.6. The molecule has 0 saturated carbocycles. The molecule has 83 heavy (non-hydrogen) atoms. The van der Waals surface area contributed by atoms with Gasteiger partial charge >= 0.3 is 0 Å². The van der Waals surface area contributed by atoms with Crippen molar-refractivity contribution in [2.45, 2.75) is 56.8 Å². The Balaban J connectivity index is 0.916. The fourth-order valence-corrected chi connectivity index (χ4v) is 14.6. The van der Waals surface area contributed by atoms with Crippen LogP contribution in [0.4, 0.5) is 34.1 Å². The second-order valence-corrected chi connectivity index (χ2v) is 23.9. The van der Waals surface area contributed by atoms with E-state index in [0.717, 1.165) is 92.2 Å². The van der Waals surface area contributed by atoms with E-state index < -0.39 is 5.41 Å². The molecule has 11 aromatic rings. The molecule has 16 rings (SSSR count). The number of benzene rings is 11. The summed E-state index contributed by atoms with van der Waals surface area (Å²) in [5.41, 5.74) is 24.7. The zero-order chi connectivity index (χ0) is 55.6. The number of anilines is 6. The average Bonchev–Trinajstić information content (AvgIpc) is 1.80. The molecule has 4 nitrogen and oxygen atoms in total. The number of para-hydroxylation sites is 1. The second-order valence-electron chi connectivity index (χ2n) is 23.9. The van der Waals surface area contributed by atoms with Crippen molar-refractivity contribution in [1.82, 2.24) is 0 Å². The summed E-state index contributed by atoms with van der Waals surface area (Å²) >= 11 is 0. The molecule has 1 spiro atoms. The Bertz CT molecular complexity index is 4250. The van der Waals surface area contributed by atoms with Crippen LogP contribution in [-0.4, -0.2) is 0 Å². The van der Waals surface area contributed by atoms with Crippen LogP contribution < -0.4 is 19.3 Å². The van der Waals surface area contributed by atoms with Gasteiger partial charge in [0.1, 0.15) is 23.0 Å². The number of hydrogen-bond donors (Lipinski definition) is 0. The predicted octanol–water partition coefficient (Wildman–Crippen LogP) is 21.0. The van der Waals surface area contributed by atoms with E-state index >= 15 is 0 Å². The van der Waals surface area contributed by atoms with Gasteiger partial charge in [-0.2, -0.15) is 0 Å². The fourth-order valence-electron chi connectivity index (χ4n) is 14.6. The summed E-state index contributed by atoms with van der Waals surface area (Å²) in [5, 5.41) is 0. The Kier molecular flexibility index (Phi) is 11.0. The zero-order valence-corrected chi connectivity index (χ0v) is 47.0. The SMILES string of the molecule is CC1(C)c2ccccc2-c2ccc(N(c3ccc(-c4ccccc4)cc3)c3ccc4c(c3)C3(C5=CCCC=C5Oc5ccccc53)c3cc(N(c5ccc(-c6ccccc6)cc5)c5ccc6c(c5)C(C)(C)c5ccccc5-6)ccc3O4)cc21. The highest BCUT2D eigenvalue weighted by Gasteiger charge is 2.53. The number of hydrogen-bond acceptors (Lipinski definition) is 4. The number of fused-ring (bicyclic) bond motifs is 14. The summed E-state index contributed by atoms with van der Waals surface area (Å²) in [6.45, 7) is 9.46. The highest BCUT2D eigenvalue weighted by molar-refractivity contribution is 5.90. The quantitative estimate of drug-likeness (QED) is 0.151. The smallest absolute Gasteiger partial charge is 0.132 e. The average molecular weight is 1070 g/mol. The van der Waals surface area contributed by atoms with E-state index in [4.69, 9.17) is 9.47 Å². The van der Waals surface area contributed by atoms with E-state index in [2.05, 4.69) is 304 Å². The van der Waals surface area contributed by atoms with Crippen LogP contribution in [0, 0.1) is 0 Å². The maximum absolute atomic E-state index is 7.34. The number of allylic oxidation sites excluding steroid dienone is 3.